The van der Waals surface area contributed by atoms with Crippen LogP contribution >= 0.6 is 0 Å². The van der Waals surface area contributed by atoms with E-state index in [4.69, 9.17) is 4.42 Å². The minimum absolute atomic E-state index is 0.360. The third kappa shape index (κ3) is 3.31. The van der Waals surface area contributed by atoms with Crippen molar-refractivity contribution in [3.05, 3.63) is 24.3 Å². The number of benzene rings is 1. The molecule has 1 aliphatic rings. The van der Waals surface area contributed by atoms with Gasteiger partial charge in [-0.25, -0.2) is 0 Å². The molecule has 0 spiro atoms. The summed E-state index contributed by atoms with van der Waals surface area (Å²) >= 11 is 0. The molecular weight excluding hydrogens is 320 g/mol. The van der Waals surface area contributed by atoms with E-state index >= 15 is 0 Å². The Morgan fingerprint density at radius 3 is 2.48 bits per heavy atom. The molecule has 130 valence electrons. The van der Waals surface area contributed by atoms with E-state index in [1.54, 1.807) is 7.05 Å². The van der Waals surface area contributed by atoms with E-state index < -0.39 is 0 Å². The maximum atomic E-state index is 5.68. The Morgan fingerprint density at radius 2 is 1.72 bits per heavy atom. The summed E-state index contributed by atoms with van der Waals surface area (Å²) in [5.41, 5.74) is 1.50. The second-order valence-corrected chi connectivity index (χ2v) is 5.93. The highest BCUT2D eigenvalue weighted by Crippen LogP contribution is 2.22. The van der Waals surface area contributed by atoms with Crippen LogP contribution in [0.5, 0.6) is 0 Å². The lowest BCUT2D eigenvalue weighted by Gasteiger charge is -2.32. The van der Waals surface area contributed by atoms with E-state index in [9.17, 15) is 0 Å². The first-order valence-corrected chi connectivity index (χ1v) is 8.21. The number of hydrogen-bond acceptors (Lipinski definition) is 9. The van der Waals surface area contributed by atoms with Gasteiger partial charge in [-0.1, -0.05) is 12.1 Å². The van der Waals surface area contributed by atoms with Crippen LogP contribution in [0.2, 0.25) is 0 Å². The first kappa shape index (κ1) is 15.6. The summed E-state index contributed by atoms with van der Waals surface area (Å²) in [6.45, 7) is 3.72. The van der Waals surface area contributed by atoms with Gasteiger partial charge in [-0.3, -0.25) is 5.32 Å². The normalized spacial score (nSPS) is 15.5. The van der Waals surface area contributed by atoms with E-state index in [1.165, 1.54) is 0 Å². The van der Waals surface area contributed by atoms with Gasteiger partial charge in [0, 0.05) is 33.2 Å². The summed E-state index contributed by atoms with van der Waals surface area (Å²) in [5, 5.41) is 6.02. The lowest BCUT2D eigenvalue weighted by molar-refractivity contribution is 0.311. The third-order valence-electron chi connectivity index (χ3n) is 4.15. The van der Waals surface area contributed by atoms with E-state index in [-0.39, 0.29) is 0 Å². The van der Waals surface area contributed by atoms with Crippen LogP contribution in [0.25, 0.3) is 11.1 Å². The van der Waals surface area contributed by atoms with Crippen molar-refractivity contribution >= 4 is 35.0 Å². The molecule has 1 aliphatic heterocycles. The van der Waals surface area contributed by atoms with E-state index in [2.05, 4.69) is 47.4 Å². The molecule has 9 heteroatoms. The molecule has 3 aromatic rings. The molecule has 0 bridgehead atoms. The zero-order chi connectivity index (χ0) is 17.2. The zero-order valence-electron chi connectivity index (χ0n) is 14.2. The third-order valence-corrected chi connectivity index (χ3v) is 4.15. The zero-order valence-corrected chi connectivity index (χ0v) is 14.2. The molecule has 4 rings (SSSR count). The fourth-order valence-corrected chi connectivity index (χ4v) is 2.70. The molecule has 0 atom stereocenters. The van der Waals surface area contributed by atoms with Crippen LogP contribution in [0.1, 0.15) is 0 Å². The summed E-state index contributed by atoms with van der Waals surface area (Å²) in [6, 6.07) is 7.95. The van der Waals surface area contributed by atoms with E-state index in [0.29, 0.717) is 29.4 Å². The van der Waals surface area contributed by atoms with Crippen molar-refractivity contribution in [2.24, 2.45) is 0 Å². The SMILES string of the molecule is CNc1nc(Nc2nc3ccccc3o2)nc(N2CCN(C)CC2)n1. The summed E-state index contributed by atoms with van der Waals surface area (Å²) in [6.07, 6.45) is 0. The molecule has 0 aliphatic carbocycles. The Labute approximate surface area is 145 Å². The predicted molar refractivity (Wildman–Crippen MR) is 96.4 cm³/mol. The summed E-state index contributed by atoms with van der Waals surface area (Å²) < 4.78 is 5.68. The van der Waals surface area contributed by atoms with Gasteiger partial charge < -0.3 is 19.5 Å². The molecule has 0 saturated carbocycles. The van der Waals surface area contributed by atoms with Crippen molar-refractivity contribution in [2.75, 3.05) is 55.8 Å². The van der Waals surface area contributed by atoms with Gasteiger partial charge in [0.25, 0.3) is 0 Å². The highest BCUT2D eigenvalue weighted by molar-refractivity contribution is 5.74. The van der Waals surface area contributed by atoms with Gasteiger partial charge in [0.15, 0.2) is 5.58 Å². The van der Waals surface area contributed by atoms with Crippen LogP contribution < -0.4 is 15.5 Å². The monoisotopic (exact) mass is 340 g/mol. The number of para-hydroxylation sites is 2. The number of likely N-dealkylation sites (N-methyl/N-ethyl adjacent to an activating group) is 1. The first-order valence-electron chi connectivity index (χ1n) is 8.21. The molecule has 1 fully saturated rings. The number of nitrogens with zero attached hydrogens (tertiary/aromatic N) is 6. The Hall–Kier alpha value is -2.94. The van der Waals surface area contributed by atoms with Gasteiger partial charge >= 0.3 is 6.01 Å². The van der Waals surface area contributed by atoms with Crippen molar-refractivity contribution in [1.82, 2.24) is 24.8 Å². The summed E-state index contributed by atoms with van der Waals surface area (Å²) in [4.78, 5) is 22.2. The lowest BCUT2D eigenvalue weighted by Crippen LogP contribution is -2.45. The maximum absolute atomic E-state index is 5.68. The minimum atomic E-state index is 0.360. The maximum Gasteiger partial charge on any atom is 0.302 e. The Bertz CT molecular complexity index is 838. The Kier molecular flexibility index (Phi) is 4.06. The van der Waals surface area contributed by atoms with Crippen LogP contribution in [0.4, 0.5) is 23.9 Å². The molecule has 0 unspecified atom stereocenters. The number of rotatable bonds is 4. The molecule has 1 saturated heterocycles. The largest absolute Gasteiger partial charge is 0.423 e. The van der Waals surface area contributed by atoms with Crippen LogP contribution in [-0.4, -0.2) is 65.1 Å². The van der Waals surface area contributed by atoms with Crippen molar-refractivity contribution in [3.63, 3.8) is 0 Å². The molecule has 9 nitrogen and oxygen atoms in total. The van der Waals surface area contributed by atoms with Gasteiger partial charge in [-0.2, -0.15) is 19.9 Å². The van der Waals surface area contributed by atoms with E-state index in [1.807, 2.05) is 24.3 Å². The lowest BCUT2D eigenvalue weighted by atomic mass is 10.3. The van der Waals surface area contributed by atoms with Crippen molar-refractivity contribution in [1.29, 1.82) is 0 Å². The average Bonchev–Trinajstić information content (AvgIpc) is 3.04. The van der Waals surface area contributed by atoms with Gasteiger partial charge in [0.1, 0.15) is 5.52 Å². The fraction of sp³-hybridized carbons (Fsp3) is 0.375. The summed E-state index contributed by atoms with van der Waals surface area (Å²) in [5.74, 6) is 1.55. The van der Waals surface area contributed by atoms with Gasteiger partial charge in [0.05, 0.1) is 0 Å². The molecule has 2 N–H and O–H groups in total. The number of fused-ring (bicyclic) bond motifs is 1. The smallest absolute Gasteiger partial charge is 0.302 e. The van der Waals surface area contributed by atoms with Crippen molar-refractivity contribution < 1.29 is 4.42 Å². The van der Waals surface area contributed by atoms with Gasteiger partial charge in [-0.15, -0.1) is 0 Å². The molecule has 25 heavy (non-hydrogen) atoms. The topological polar surface area (TPSA) is 95.2 Å². The summed E-state index contributed by atoms with van der Waals surface area (Å²) in [7, 11) is 3.90. The highest BCUT2D eigenvalue weighted by atomic mass is 16.4. The quantitative estimate of drug-likeness (QED) is 0.733. The molecule has 2 aromatic heterocycles. The Balaban J connectivity index is 1.61. The number of piperazine rings is 1. The van der Waals surface area contributed by atoms with E-state index in [0.717, 1.165) is 31.7 Å². The number of nitrogens with one attached hydrogen (secondary N) is 2. The molecular formula is C16H20N8O. The van der Waals surface area contributed by atoms with Crippen molar-refractivity contribution in [2.45, 2.75) is 0 Å². The number of anilines is 4. The van der Waals surface area contributed by atoms with Crippen LogP contribution in [0.3, 0.4) is 0 Å². The minimum Gasteiger partial charge on any atom is -0.423 e. The molecule has 3 heterocycles. The number of hydrogen-bond donors (Lipinski definition) is 2. The van der Waals surface area contributed by atoms with Crippen LogP contribution in [-0.2, 0) is 0 Å². The molecule has 0 amide bonds. The van der Waals surface area contributed by atoms with Crippen molar-refractivity contribution in [3.8, 4) is 0 Å². The van der Waals surface area contributed by atoms with Gasteiger partial charge in [0.2, 0.25) is 17.8 Å². The predicted octanol–water partition coefficient (Wildman–Crippen LogP) is 1.55. The standard InChI is InChI=1S/C16H20N8O/c1-17-13-19-14(21-15(20-13)24-9-7-23(2)8-10-24)22-16-18-11-5-3-4-6-12(11)25-16/h3-6H,7-10H2,1-2H3,(H2,17,18,19,20,21,22). The van der Waals surface area contributed by atoms with Gasteiger partial charge in [-0.05, 0) is 19.2 Å². The first-order chi connectivity index (χ1) is 12.2. The molecule has 0 radical (unpaired) electrons. The molecule has 1 aromatic carbocycles. The fourth-order valence-electron chi connectivity index (χ4n) is 2.70. The number of aromatic nitrogens is 4. The van der Waals surface area contributed by atoms with Crippen LogP contribution in [0.15, 0.2) is 28.7 Å². The Morgan fingerprint density at radius 1 is 0.960 bits per heavy atom. The second kappa shape index (κ2) is 6.52. The second-order valence-electron chi connectivity index (χ2n) is 5.93. The average molecular weight is 340 g/mol. The highest BCUT2D eigenvalue weighted by Gasteiger charge is 2.19. The number of oxazole rings is 1. The van der Waals surface area contributed by atoms with Crippen LogP contribution in [0, 0.1) is 0 Å².